The molecule has 0 bridgehead atoms. The second-order valence-corrected chi connectivity index (χ2v) is 3.00. The second kappa shape index (κ2) is 9.40. The Labute approximate surface area is 110 Å². The highest BCUT2D eigenvalue weighted by molar-refractivity contribution is 5.78. The number of H-pyrrole nitrogens is 1. The Morgan fingerprint density at radius 3 is 2.28 bits per heavy atom. The molecule has 0 aliphatic rings. The zero-order chi connectivity index (χ0) is 13.4. The molecule has 100 valence electrons. The van der Waals surface area contributed by atoms with Gasteiger partial charge in [0.25, 0.3) is 5.56 Å². The Hall–Kier alpha value is -1.64. The van der Waals surface area contributed by atoms with Crippen molar-refractivity contribution in [3.8, 4) is 0 Å². The number of benzene rings is 1. The Kier molecular flexibility index (Phi) is 9.77. The van der Waals surface area contributed by atoms with Gasteiger partial charge in [-0.05, 0) is 31.5 Å². The summed E-state index contributed by atoms with van der Waals surface area (Å²) < 4.78 is 0. The minimum absolute atomic E-state index is 0. The van der Waals surface area contributed by atoms with Crippen LogP contribution < -0.4 is 5.56 Å². The molecule has 0 saturated carbocycles. The highest BCUT2D eigenvalue weighted by Gasteiger charge is 2.00. The summed E-state index contributed by atoms with van der Waals surface area (Å²) in [6, 6.07) is 5.34. The molecule has 0 spiro atoms. The molecule has 1 aromatic heterocycles. The summed E-state index contributed by atoms with van der Waals surface area (Å²) in [6.45, 7) is 13.5. The molecule has 1 heterocycles. The van der Waals surface area contributed by atoms with E-state index in [-0.39, 0.29) is 13.0 Å². The van der Waals surface area contributed by atoms with Gasteiger partial charge in [0.15, 0.2) is 0 Å². The summed E-state index contributed by atoms with van der Waals surface area (Å²) in [5.41, 5.74) is 1.47. The number of hydrogen-bond donors (Lipinski definition) is 1. The fourth-order valence-corrected chi connectivity index (χ4v) is 1.30. The molecule has 1 N–H and O–H groups in total. The van der Waals surface area contributed by atoms with Crippen molar-refractivity contribution >= 4 is 10.9 Å². The summed E-state index contributed by atoms with van der Waals surface area (Å²) in [6.07, 6.45) is 0. The van der Waals surface area contributed by atoms with Crippen molar-refractivity contribution < 1.29 is 0 Å². The monoisotopic (exact) mass is 248 g/mol. The molecule has 1 aromatic carbocycles. The van der Waals surface area contributed by atoms with E-state index in [0.29, 0.717) is 16.7 Å². The van der Waals surface area contributed by atoms with Crippen LogP contribution in [0.5, 0.6) is 0 Å². The molecular formula is C15H24N2O. The Balaban J connectivity index is 0. The van der Waals surface area contributed by atoms with Crippen LogP contribution in [-0.4, -0.2) is 9.97 Å². The third-order valence-electron chi connectivity index (χ3n) is 1.89. The maximum Gasteiger partial charge on any atom is 0.258 e. The summed E-state index contributed by atoms with van der Waals surface area (Å²) >= 11 is 0. The number of aryl methyl sites for hydroxylation is 1. The molecule has 0 amide bonds. The molecule has 2 rings (SSSR count). The lowest BCUT2D eigenvalue weighted by atomic mass is 10.2. The third kappa shape index (κ3) is 4.70. The van der Waals surface area contributed by atoms with Gasteiger partial charge in [-0.25, -0.2) is 4.98 Å². The number of hydrogen-bond acceptors (Lipinski definition) is 2. The van der Waals surface area contributed by atoms with E-state index >= 15 is 0 Å². The number of nitrogens with zero attached hydrogens (tertiary/aromatic N) is 1. The normalized spacial score (nSPS) is 8.33. The standard InChI is InChI=1S/C10H9N2O.2C2H6.CH3/c1-6-3-4-8-9(5-6)11-7(2)12-10(8)13;2*1-2;/h3-5H,1H2,2H3,(H,11,12,13);2*1-2H3;1H3. The maximum atomic E-state index is 11.4. The van der Waals surface area contributed by atoms with Crippen molar-refractivity contribution in [1.82, 2.24) is 9.97 Å². The third-order valence-corrected chi connectivity index (χ3v) is 1.89. The molecule has 0 aliphatic carbocycles. The van der Waals surface area contributed by atoms with E-state index < -0.39 is 0 Å². The van der Waals surface area contributed by atoms with Crippen LogP contribution in [0, 0.1) is 21.3 Å². The number of fused-ring (bicyclic) bond motifs is 1. The minimum atomic E-state index is -0.0949. The first-order valence-electron chi connectivity index (χ1n) is 5.99. The van der Waals surface area contributed by atoms with Crippen molar-refractivity contribution in [2.45, 2.75) is 34.6 Å². The van der Waals surface area contributed by atoms with Crippen molar-refractivity contribution in [2.75, 3.05) is 0 Å². The maximum absolute atomic E-state index is 11.4. The minimum Gasteiger partial charge on any atom is -0.310 e. The molecule has 18 heavy (non-hydrogen) atoms. The van der Waals surface area contributed by atoms with Crippen LogP contribution in [0.25, 0.3) is 10.9 Å². The highest BCUT2D eigenvalue weighted by atomic mass is 16.1. The Morgan fingerprint density at radius 1 is 1.17 bits per heavy atom. The molecule has 0 unspecified atom stereocenters. The van der Waals surface area contributed by atoms with E-state index in [0.717, 1.165) is 5.56 Å². The van der Waals surface area contributed by atoms with E-state index in [2.05, 4.69) is 16.9 Å². The van der Waals surface area contributed by atoms with Gasteiger partial charge in [-0.1, -0.05) is 41.2 Å². The van der Waals surface area contributed by atoms with Crippen LogP contribution in [0.2, 0.25) is 0 Å². The zero-order valence-electron chi connectivity index (χ0n) is 12.3. The average molecular weight is 248 g/mol. The van der Waals surface area contributed by atoms with Gasteiger partial charge in [-0.15, -0.1) is 0 Å². The van der Waals surface area contributed by atoms with E-state index in [9.17, 15) is 4.79 Å². The molecule has 0 aliphatic heterocycles. The first-order valence-corrected chi connectivity index (χ1v) is 5.99. The van der Waals surface area contributed by atoms with E-state index in [1.807, 2.05) is 27.7 Å². The highest BCUT2D eigenvalue weighted by Crippen LogP contribution is 2.08. The van der Waals surface area contributed by atoms with Crippen molar-refractivity contribution in [3.63, 3.8) is 0 Å². The predicted octanol–water partition coefficient (Wildman–Crippen LogP) is 3.92. The summed E-state index contributed by atoms with van der Waals surface area (Å²) in [5, 5.41) is 0.609. The Morgan fingerprint density at radius 2 is 1.72 bits per heavy atom. The van der Waals surface area contributed by atoms with Crippen molar-refractivity contribution in [1.29, 1.82) is 0 Å². The quantitative estimate of drug-likeness (QED) is 0.768. The van der Waals surface area contributed by atoms with Crippen molar-refractivity contribution in [3.05, 3.63) is 54.3 Å². The number of nitrogens with one attached hydrogen (secondary N) is 1. The SMILES string of the molecule is CC.CC.[CH2]c1ccc2c(=O)[nH]c(C)nc2c1.[CH3]. The topological polar surface area (TPSA) is 45.8 Å². The van der Waals surface area contributed by atoms with Gasteiger partial charge < -0.3 is 4.98 Å². The lowest BCUT2D eigenvalue weighted by molar-refractivity contribution is 1.06. The molecule has 0 fully saturated rings. The van der Waals surface area contributed by atoms with Gasteiger partial charge in [0.2, 0.25) is 0 Å². The predicted molar refractivity (Wildman–Crippen MR) is 80.7 cm³/mol. The smallest absolute Gasteiger partial charge is 0.258 e. The van der Waals surface area contributed by atoms with Gasteiger partial charge in [-0.2, -0.15) is 0 Å². The van der Waals surface area contributed by atoms with Crippen LogP contribution in [0.4, 0.5) is 0 Å². The zero-order valence-corrected chi connectivity index (χ0v) is 12.3. The Bertz CT molecular complexity index is 510. The fraction of sp³-hybridized carbons (Fsp3) is 0.333. The summed E-state index contributed by atoms with van der Waals surface area (Å²) in [7, 11) is 0. The van der Waals surface area contributed by atoms with Gasteiger partial charge in [0.1, 0.15) is 5.82 Å². The summed E-state index contributed by atoms with van der Waals surface area (Å²) in [4.78, 5) is 18.2. The molecule has 3 nitrogen and oxygen atoms in total. The fourth-order valence-electron chi connectivity index (χ4n) is 1.30. The van der Waals surface area contributed by atoms with Crippen LogP contribution in [0.1, 0.15) is 39.1 Å². The van der Waals surface area contributed by atoms with Crippen LogP contribution >= 0.6 is 0 Å². The van der Waals surface area contributed by atoms with E-state index in [4.69, 9.17) is 0 Å². The van der Waals surface area contributed by atoms with Gasteiger partial charge in [-0.3, -0.25) is 4.79 Å². The number of rotatable bonds is 0. The second-order valence-electron chi connectivity index (χ2n) is 3.00. The van der Waals surface area contributed by atoms with Gasteiger partial charge in [0, 0.05) is 0 Å². The lowest BCUT2D eigenvalue weighted by Crippen LogP contribution is -2.09. The lowest BCUT2D eigenvalue weighted by Gasteiger charge is -1.98. The average Bonchev–Trinajstić information content (AvgIpc) is 2.33. The molecule has 0 saturated heterocycles. The number of aromatic nitrogens is 2. The van der Waals surface area contributed by atoms with Crippen LogP contribution in [0.15, 0.2) is 23.0 Å². The molecular weight excluding hydrogens is 224 g/mol. The molecule has 3 heteroatoms. The first kappa shape index (κ1) is 18.7. The first-order chi connectivity index (χ1) is 8.16. The summed E-state index contributed by atoms with van der Waals surface area (Å²) in [5.74, 6) is 0.628. The molecule has 2 radical (unpaired) electrons. The van der Waals surface area contributed by atoms with Gasteiger partial charge >= 0.3 is 0 Å². The van der Waals surface area contributed by atoms with E-state index in [1.54, 1.807) is 25.1 Å². The van der Waals surface area contributed by atoms with E-state index in [1.165, 1.54) is 0 Å². The molecule has 2 aromatic rings. The molecule has 0 atom stereocenters. The van der Waals surface area contributed by atoms with Gasteiger partial charge in [0.05, 0.1) is 10.9 Å². The van der Waals surface area contributed by atoms with Crippen molar-refractivity contribution in [2.24, 2.45) is 0 Å². The number of aromatic amines is 1. The van der Waals surface area contributed by atoms with Crippen LogP contribution in [-0.2, 0) is 0 Å². The van der Waals surface area contributed by atoms with Crippen LogP contribution in [0.3, 0.4) is 0 Å². The largest absolute Gasteiger partial charge is 0.310 e.